The van der Waals surface area contributed by atoms with Crippen LogP contribution in [0.4, 0.5) is 0 Å². The number of hydrogen-bond acceptors (Lipinski definition) is 2. The Labute approximate surface area is 116 Å². The average molecular weight is 273 g/mol. The molecule has 1 N–H and O–H groups in total. The summed E-state index contributed by atoms with van der Waals surface area (Å²) in [6, 6.07) is 13.0. The highest BCUT2D eigenvalue weighted by Gasteiger charge is 2.35. The van der Waals surface area contributed by atoms with Gasteiger partial charge in [0.05, 0.1) is 0 Å². The number of carbonyl (C=O) groups is 1. The zero-order valence-corrected chi connectivity index (χ0v) is 11.2. The fourth-order valence-electron chi connectivity index (χ4n) is 2.54. The first kappa shape index (κ1) is 12.4. The Hall–Kier alpha value is -1.64. The van der Waals surface area contributed by atoms with E-state index in [9.17, 15) is 9.90 Å². The number of benzene rings is 2. The summed E-state index contributed by atoms with van der Waals surface area (Å²) in [5.74, 6) is -0.225. The maximum Gasteiger partial charge on any atom is 0.195 e. The van der Waals surface area contributed by atoms with Gasteiger partial charge in [0, 0.05) is 17.0 Å². The number of Topliss-reactive ketones (excluding diaryl/α,β-unsaturated/α-hetero) is 1. The number of aliphatic hydroxyl groups is 1. The Bertz CT molecular complexity index is 657. The number of fused-ring (bicyclic) bond motifs is 4. The second kappa shape index (κ2) is 4.19. The van der Waals surface area contributed by atoms with E-state index in [0.29, 0.717) is 17.0 Å². The molecule has 1 atom stereocenters. The largest absolute Gasteiger partial charge is 0.382 e. The highest BCUT2D eigenvalue weighted by molar-refractivity contribution is 6.30. The van der Waals surface area contributed by atoms with Gasteiger partial charge in [0.25, 0.3) is 0 Å². The van der Waals surface area contributed by atoms with E-state index in [1.54, 1.807) is 25.1 Å². The lowest BCUT2D eigenvalue weighted by Gasteiger charge is -2.18. The van der Waals surface area contributed by atoms with Gasteiger partial charge in [-0.1, -0.05) is 41.9 Å². The number of hydrogen-bond donors (Lipinski definition) is 1. The molecule has 2 aliphatic carbocycles. The van der Waals surface area contributed by atoms with Crippen LogP contribution in [0.25, 0.3) is 11.1 Å². The van der Waals surface area contributed by atoms with Crippen molar-refractivity contribution in [2.45, 2.75) is 18.9 Å². The molecule has 0 aromatic heterocycles. The van der Waals surface area contributed by atoms with Gasteiger partial charge in [0.1, 0.15) is 5.60 Å². The maximum absolute atomic E-state index is 12.4. The summed E-state index contributed by atoms with van der Waals surface area (Å²) < 4.78 is 0. The van der Waals surface area contributed by atoms with Crippen molar-refractivity contribution in [1.82, 2.24) is 0 Å². The summed E-state index contributed by atoms with van der Waals surface area (Å²) in [4.78, 5) is 12.4. The van der Waals surface area contributed by atoms with Gasteiger partial charge in [0.2, 0.25) is 0 Å². The molecule has 0 heterocycles. The predicted octanol–water partition coefficient (Wildman–Crippen LogP) is 3.50. The molecular weight excluding hydrogens is 260 g/mol. The molecule has 0 aliphatic heterocycles. The third kappa shape index (κ3) is 2.07. The number of rotatable bonds is 1. The van der Waals surface area contributed by atoms with Crippen LogP contribution in [0.5, 0.6) is 0 Å². The van der Waals surface area contributed by atoms with E-state index >= 15 is 0 Å². The SMILES string of the molecule is CC1(O)Cc2ccc(c(-c3ccc(Cl)cc3)c2)C1=O. The van der Waals surface area contributed by atoms with Gasteiger partial charge in [0.15, 0.2) is 5.78 Å². The first-order valence-corrected chi connectivity index (χ1v) is 6.51. The van der Waals surface area contributed by atoms with Crippen LogP contribution in [0.15, 0.2) is 42.5 Å². The van der Waals surface area contributed by atoms with Crippen molar-refractivity contribution in [1.29, 1.82) is 0 Å². The summed E-state index contributed by atoms with van der Waals surface area (Å²) >= 11 is 5.88. The van der Waals surface area contributed by atoms with E-state index in [2.05, 4.69) is 0 Å². The molecule has 0 fully saturated rings. The molecule has 1 unspecified atom stereocenters. The molecule has 4 rings (SSSR count). The second-order valence-corrected chi connectivity index (χ2v) is 5.60. The quantitative estimate of drug-likeness (QED) is 0.863. The smallest absolute Gasteiger partial charge is 0.195 e. The normalized spacial score (nSPS) is 21.5. The molecule has 0 amide bonds. The molecule has 2 aromatic rings. The van der Waals surface area contributed by atoms with Crippen LogP contribution in [0, 0.1) is 0 Å². The van der Waals surface area contributed by atoms with Gasteiger partial charge in [-0.3, -0.25) is 4.79 Å². The highest BCUT2D eigenvalue weighted by atomic mass is 35.5. The highest BCUT2D eigenvalue weighted by Crippen LogP contribution is 2.33. The predicted molar refractivity (Wildman–Crippen MR) is 75.5 cm³/mol. The Morgan fingerprint density at radius 3 is 2.47 bits per heavy atom. The van der Waals surface area contributed by atoms with E-state index in [0.717, 1.165) is 16.7 Å². The Morgan fingerprint density at radius 1 is 1.11 bits per heavy atom. The zero-order chi connectivity index (χ0) is 13.6. The summed E-state index contributed by atoms with van der Waals surface area (Å²) in [7, 11) is 0. The van der Waals surface area contributed by atoms with Gasteiger partial charge < -0.3 is 5.11 Å². The molecule has 0 spiro atoms. The van der Waals surface area contributed by atoms with Crippen LogP contribution < -0.4 is 0 Å². The van der Waals surface area contributed by atoms with Crippen molar-refractivity contribution in [3.05, 3.63) is 58.6 Å². The molecule has 0 saturated carbocycles. The van der Waals surface area contributed by atoms with Crippen molar-refractivity contribution in [3.63, 3.8) is 0 Å². The first-order valence-electron chi connectivity index (χ1n) is 6.13. The topological polar surface area (TPSA) is 37.3 Å². The van der Waals surface area contributed by atoms with E-state index in [-0.39, 0.29) is 5.78 Å². The van der Waals surface area contributed by atoms with Crippen LogP contribution in [-0.4, -0.2) is 16.5 Å². The van der Waals surface area contributed by atoms with E-state index < -0.39 is 5.60 Å². The number of carbonyl (C=O) groups excluding carboxylic acids is 1. The minimum absolute atomic E-state index is 0.225. The molecular formula is C16H13ClO2. The summed E-state index contributed by atoms with van der Waals surface area (Å²) in [6.07, 6.45) is 0.350. The molecule has 0 radical (unpaired) electrons. The lowest BCUT2D eigenvalue weighted by Crippen LogP contribution is -2.36. The average Bonchev–Trinajstić information content (AvgIpc) is 2.53. The van der Waals surface area contributed by atoms with E-state index in [1.165, 1.54) is 0 Å². The van der Waals surface area contributed by atoms with Crippen molar-refractivity contribution in [2.75, 3.05) is 0 Å². The molecule has 2 nitrogen and oxygen atoms in total. The molecule has 2 aromatic carbocycles. The van der Waals surface area contributed by atoms with Crippen molar-refractivity contribution in [2.24, 2.45) is 0 Å². The Kier molecular flexibility index (Phi) is 2.73. The van der Waals surface area contributed by atoms with Gasteiger partial charge in [-0.25, -0.2) is 0 Å². The number of ketones is 1. The third-order valence-electron chi connectivity index (χ3n) is 3.52. The van der Waals surface area contributed by atoms with Crippen LogP contribution in [0.2, 0.25) is 5.02 Å². The van der Waals surface area contributed by atoms with Gasteiger partial charge in [-0.15, -0.1) is 0 Å². The molecule has 2 bridgehead atoms. The Balaban J connectivity index is 2.20. The van der Waals surface area contributed by atoms with Crippen molar-refractivity contribution >= 4 is 17.4 Å². The Morgan fingerprint density at radius 2 is 1.79 bits per heavy atom. The lowest BCUT2D eigenvalue weighted by molar-refractivity contribution is 0.0416. The summed E-state index contributed by atoms with van der Waals surface area (Å²) in [5, 5.41) is 10.9. The van der Waals surface area contributed by atoms with Crippen LogP contribution in [0.1, 0.15) is 22.8 Å². The molecule has 96 valence electrons. The lowest BCUT2D eigenvalue weighted by atomic mass is 9.92. The monoisotopic (exact) mass is 272 g/mol. The minimum atomic E-state index is -1.32. The fraction of sp³-hybridized carbons (Fsp3) is 0.188. The molecule has 2 aliphatic rings. The van der Waals surface area contributed by atoms with Gasteiger partial charge in [-0.05, 0) is 35.7 Å². The molecule has 0 saturated heterocycles. The second-order valence-electron chi connectivity index (χ2n) is 5.17. The van der Waals surface area contributed by atoms with E-state index in [4.69, 9.17) is 11.6 Å². The van der Waals surface area contributed by atoms with Crippen LogP contribution >= 0.6 is 11.6 Å². The van der Waals surface area contributed by atoms with Crippen molar-refractivity contribution < 1.29 is 9.90 Å². The summed E-state index contributed by atoms with van der Waals surface area (Å²) in [6.45, 7) is 1.57. The molecule has 3 heteroatoms. The standard InChI is InChI=1S/C16H13ClO2/c1-16(19)9-10-2-7-13(15(16)18)14(8-10)11-3-5-12(17)6-4-11/h2-8,19H,9H2,1H3. The first-order chi connectivity index (χ1) is 8.97. The fourth-order valence-corrected chi connectivity index (χ4v) is 2.66. The maximum atomic E-state index is 12.4. The van der Waals surface area contributed by atoms with E-state index in [1.807, 2.05) is 24.3 Å². The van der Waals surface area contributed by atoms with Gasteiger partial charge in [-0.2, -0.15) is 0 Å². The summed E-state index contributed by atoms with van der Waals surface area (Å²) in [5.41, 5.74) is 2.00. The van der Waals surface area contributed by atoms with Gasteiger partial charge >= 0.3 is 0 Å². The third-order valence-corrected chi connectivity index (χ3v) is 3.77. The van der Waals surface area contributed by atoms with Crippen LogP contribution in [-0.2, 0) is 6.42 Å². The molecule has 19 heavy (non-hydrogen) atoms. The van der Waals surface area contributed by atoms with Crippen LogP contribution in [0.3, 0.4) is 0 Å². The zero-order valence-electron chi connectivity index (χ0n) is 10.5. The minimum Gasteiger partial charge on any atom is -0.382 e. The number of halogens is 1. The van der Waals surface area contributed by atoms with Crippen molar-refractivity contribution in [3.8, 4) is 11.1 Å².